The average Bonchev–Trinajstić information content (AvgIpc) is 3.07. The second-order valence-electron chi connectivity index (χ2n) is 11.6. The van der Waals surface area contributed by atoms with Crippen molar-refractivity contribution in [3.8, 4) is 5.75 Å². The maximum atomic E-state index is 15.2. The van der Waals surface area contributed by atoms with Gasteiger partial charge in [0, 0.05) is 17.7 Å². The Hall–Kier alpha value is -3.53. The summed E-state index contributed by atoms with van der Waals surface area (Å²) in [7, 11) is 0. The number of aliphatic hydroxyl groups is 1. The van der Waals surface area contributed by atoms with E-state index in [9.17, 15) is 24.6 Å². The fourth-order valence-corrected chi connectivity index (χ4v) is 4.95. The predicted octanol–water partition coefficient (Wildman–Crippen LogP) is 3.36. The Balaban J connectivity index is 1.96. The number of halogens is 2. The molecule has 0 saturated carbocycles. The van der Waals surface area contributed by atoms with E-state index in [-0.39, 0.29) is 30.2 Å². The van der Waals surface area contributed by atoms with Gasteiger partial charge in [-0.15, -0.1) is 0 Å². The average molecular weight is 560 g/mol. The molecule has 10 heteroatoms. The second-order valence-corrected chi connectivity index (χ2v) is 11.6. The van der Waals surface area contributed by atoms with Crippen LogP contribution < -0.4 is 10.6 Å². The van der Waals surface area contributed by atoms with Crippen LogP contribution in [-0.4, -0.2) is 70.0 Å². The highest BCUT2D eigenvalue weighted by Gasteiger charge is 2.64. The van der Waals surface area contributed by atoms with E-state index >= 15 is 8.78 Å². The number of nitrogens with zero attached hydrogens (tertiary/aromatic N) is 1. The van der Waals surface area contributed by atoms with Gasteiger partial charge in [0.25, 0.3) is 17.7 Å². The number of aliphatic hydroxyl groups excluding tert-OH is 1. The maximum absolute atomic E-state index is 15.2. The van der Waals surface area contributed by atoms with Gasteiger partial charge in [0.15, 0.2) is 6.10 Å². The molecule has 1 heterocycles. The lowest BCUT2D eigenvalue weighted by Gasteiger charge is -2.34. The summed E-state index contributed by atoms with van der Waals surface area (Å²) in [6.45, 7) is 8.61. The van der Waals surface area contributed by atoms with Crippen LogP contribution >= 0.6 is 0 Å². The number of likely N-dealkylation sites (tertiary alicyclic amines) is 1. The molecule has 0 spiro atoms. The highest BCUT2D eigenvalue weighted by atomic mass is 19.3. The standard InChI is InChI=1S/C30H39F2N3O5/c1-17(2)15-33-27(39)25-29(5,6)30(31,32)16-35(25)28(40)24(37)22(14-20-10-8-7-9-11-20)34-26(38)21-12-18(3)13-23(36)19(21)4/h7-13,17,22,24-25,36-37H,14-16H2,1-6H3,(H,33,39)(H,34,38)/t22-,24-,25+/m0/s1. The number of amides is 3. The lowest BCUT2D eigenvalue weighted by atomic mass is 9.81. The molecule has 2 aromatic rings. The summed E-state index contributed by atoms with van der Waals surface area (Å²) >= 11 is 0. The predicted molar refractivity (Wildman–Crippen MR) is 147 cm³/mol. The number of benzene rings is 2. The zero-order valence-corrected chi connectivity index (χ0v) is 23.8. The first-order valence-corrected chi connectivity index (χ1v) is 13.4. The van der Waals surface area contributed by atoms with Crippen molar-refractivity contribution in [1.82, 2.24) is 15.5 Å². The molecule has 8 nitrogen and oxygen atoms in total. The van der Waals surface area contributed by atoms with Gasteiger partial charge in [-0.2, -0.15) is 0 Å². The maximum Gasteiger partial charge on any atom is 0.272 e. The zero-order valence-electron chi connectivity index (χ0n) is 23.8. The van der Waals surface area contributed by atoms with Crippen LogP contribution in [0.1, 0.15) is 54.7 Å². The Bertz CT molecular complexity index is 1250. The lowest BCUT2D eigenvalue weighted by Crippen LogP contribution is -2.58. The van der Waals surface area contributed by atoms with Crippen LogP contribution in [0, 0.1) is 25.2 Å². The highest BCUT2D eigenvalue weighted by Crippen LogP contribution is 2.48. The van der Waals surface area contributed by atoms with Crippen LogP contribution in [0.4, 0.5) is 8.78 Å². The van der Waals surface area contributed by atoms with Crippen molar-refractivity contribution in [2.24, 2.45) is 11.3 Å². The first-order chi connectivity index (χ1) is 18.6. The summed E-state index contributed by atoms with van der Waals surface area (Å²) in [5.74, 6) is -5.90. The fourth-order valence-electron chi connectivity index (χ4n) is 4.95. The monoisotopic (exact) mass is 559 g/mol. The molecule has 3 atom stereocenters. The van der Waals surface area contributed by atoms with Gasteiger partial charge in [0.05, 0.1) is 18.0 Å². The Morgan fingerprint density at radius 1 is 1.10 bits per heavy atom. The number of phenolic OH excluding ortho intramolecular Hbond substituents is 1. The minimum atomic E-state index is -3.41. The van der Waals surface area contributed by atoms with Crippen molar-refractivity contribution in [3.63, 3.8) is 0 Å². The third-order valence-corrected chi connectivity index (χ3v) is 7.54. The molecule has 2 aromatic carbocycles. The van der Waals surface area contributed by atoms with Gasteiger partial charge in [0.2, 0.25) is 5.91 Å². The summed E-state index contributed by atoms with van der Waals surface area (Å²) < 4.78 is 30.3. The van der Waals surface area contributed by atoms with E-state index < -0.39 is 53.8 Å². The summed E-state index contributed by atoms with van der Waals surface area (Å²) in [6, 6.07) is 9.10. The van der Waals surface area contributed by atoms with E-state index in [1.165, 1.54) is 19.9 Å². The van der Waals surface area contributed by atoms with E-state index in [0.29, 0.717) is 16.7 Å². The number of rotatable bonds is 9. The van der Waals surface area contributed by atoms with Crippen molar-refractivity contribution in [3.05, 3.63) is 64.7 Å². The van der Waals surface area contributed by atoms with Gasteiger partial charge in [-0.05, 0) is 49.4 Å². The number of hydrogen-bond acceptors (Lipinski definition) is 5. The van der Waals surface area contributed by atoms with Gasteiger partial charge in [-0.25, -0.2) is 8.78 Å². The van der Waals surface area contributed by atoms with Gasteiger partial charge >= 0.3 is 0 Å². The van der Waals surface area contributed by atoms with Crippen molar-refractivity contribution in [2.45, 2.75) is 72.1 Å². The SMILES string of the molecule is Cc1cc(O)c(C)c(C(=O)N[C@@H](Cc2ccccc2)[C@H](O)C(=O)N2CC(F)(F)C(C)(C)[C@H]2C(=O)NCC(C)C)c1. The number of carbonyl (C=O) groups is 3. The Morgan fingerprint density at radius 2 is 1.73 bits per heavy atom. The first kappa shape index (κ1) is 31.0. The summed E-state index contributed by atoms with van der Waals surface area (Å²) in [5.41, 5.74) is -0.138. The molecular weight excluding hydrogens is 520 g/mol. The van der Waals surface area contributed by atoms with Crippen LogP contribution in [-0.2, 0) is 16.0 Å². The zero-order chi connectivity index (χ0) is 30.0. The normalized spacial score (nSPS) is 19.2. The van der Waals surface area contributed by atoms with E-state index in [2.05, 4.69) is 10.6 Å². The van der Waals surface area contributed by atoms with E-state index in [4.69, 9.17) is 0 Å². The molecule has 0 radical (unpaired) electrons. The van der Waals surface area contributed by atoms with Gasteiger partial charge in [-0.3, -0.25) is 14.4 Å². The number of hydrogen-bond donors (Lipinski definition) is 4. The molecule has 3 amide bonds. The third kappa shape index (κ3) is 6.43. The van der Waals surface area contributed by atoms with Crippen molar-refractivity contribution >= 4 is 17.7 Å². The molecule has 0 aliphatic carbocycles. The molecule has 1 fully saturated rings. The van der Waals surface area contributed by atoms with Gasteiger partial charge in [-0.1, -0.05) is 58.0 Å². The topological polar surface area (TPSA) is 119 Å². The van der Waals surface area contributed by atoms with Crippen LogP contribution in [0.3, 0.4) is 0 Å². The molecule has 3 rings (SSSR count). The molecule has 4 N–H and O–H groups in total. The molecular formula is C30H39F2N3O5. The minimum absolute atomic E-state index is 0.00811. The summed E-state index contributed by atoms with van der Waals surface area (Å²) in [5, 5.41) is 26.8. The molecule has 0 bridgehead atoms. The lowest BCUT2D eigenvalue weighted by molar-refractivity contribution is -0.148. The number of alkyl halides is 2. The number of aryl methyl sites for hydroxylation is 1. The van der Waals surface area contributed by atoms with Crippen LogP contribution in [0.25, 0.3) is 0 Å². The second kappa shape index (κ2) is 11.9. The van der Waals surface area contributed by atoms with Gasteiger partial charge < -0.3 is 25.7 Å². The molecule has 218 valence electrons. The van der Waals surface area contributed by atoms with Crippen molar-refractivity contribution < 1.29 is 33.4 Å². The third-order valence-electron chi connectivity index (χ3n) is 7.54. The van der Waals surface area contributed by atoms with Crippen LogP contribution in [0.5, 0.6) is 5.75 Å². The Kier molecular flexibility index (Phi) is 9.24. The molecule has 1 aliphatic heterocycles. The number of aromatic hydroxyl groups is 1. The first-order valence-electron chi connectivity index (χ1n) is 13.4. The van der Waals surface area contributed by atoms with E-state index in [0.717, 1.165) is 4.90 Å². The number of nitrogens with one attached hydrogen (secondary N) is 2. The molecule has 0 unspecified atom stereocenters. The van der Waals surface area contributed by atoms with Crippen LogP contribution in [0.15, 0.2) is 42.5 Å². The molecule has 40 heavy (non-hydrogen) atoms. The Labute approximate surface area is 233 Å². The fraction of sp³-hybridized carbons (Fsp3) is 0.500. The quantitative estimate of drug-likeness (QED) is 0.376. The van der Waals surface area contributed by atoms with Crippen molar-refractivity contribution in [2.75, 3.05) is 13.1 Å². The summed E-state index contributed by atoms with van der Waals surface area (Å²) in [4.78, 5) is 40.8. The van der Waals surface area contributed by atoms with Crippen LogP contribution in [0.2, 0.25) is 0 Å². The van der Waals surface area contributed by atoms with Crippen molar-refractivity contribution in [1.29, 1.82) is 0 Å². The summed E-state index contributed by atoms with van der Waals surface area (Å²) in [6.07, 6.45) is -1.93. The largest absolute Gasteiger partial charge is 0.508 e. The number of carbonyl (C=O) groups excluding carboxylic acids is 3. The van der Waals surface area contributed by atoms with E-state index in [1.54, 1.807) is 50.2 Å². The highest BCUT2D eigenvalue weighted by molar-refractivity contribution is 5.97. The minimum Gasteiger partial charge on any atom is -0.508 e. The Morgan fingerprint density at radius 3 is 2.33 bits per heavy atom. The number of phenols is 1. The van der Waals surface area contributed by atoms with E-state index in [1.807, 2.05) is 13.8 Å². The molecule has 1 aliphatic rings. The van der Waals surface area contributed by atoms with Gasteiger partial charge in [0.1, 0.15) is 11.8 Å². The smallest absolute Gasteiger partial charge is 0.272 e. The molecule has 1 saturated heterocycles. The molecule has 0 aromatic heterocycles.